The van der Waals surface area contributed by atoms with Crippen LogP contribution in [-0.4, -0.2) is 6.04 Å². The lowest BCUT2D eigenvalue weighted by Gasteiger charge is -2.07. The molecule has 0 amide bonds. The number of nitrogens with one attached hydrogen (secondary N) is 1. The van der Waals surface area contributed by atoms with Gasteiger partial charge in [0.2, 0.25) is 0 Å². The van der Waals surface area contributed by atoms with Gasteiger partial charge in [-0.15, -0.1) is 0 Å². The van der Waals surface area contributed by atoms with Crippen molar-refractivity contribution in [1.29, 1.82) is 0 Å². The number of hydrogen-bond donors (Lipinski definition) is 1. The molecule has 0 heterocycles. The van der Waals surface area contributed by atoms with E-state index in [1.807, 2.05) is 12.1 Å². The van der Waals surface area contributed by atoms with Gasteiger partial charge in [0, 0.05) is 18.2 Å². The smallest absolute Gasteiger partial charge is 0.127 e. The predicted molar refractivity (Wildman–Crippen MR) is 60.3 cm³/mol. The van der Waals surface area contributed by atoms with Crippen LogP contribution in [0.1, 0.15) is 37.3 Å². The van der Waals surface area contributed by atoms with E-state index in [0.717, 1.165) is 18.4 Å². The van der Waals surface area contributed by atoms with Gasteiger partial charge in [0.05, 0.1) is 0 Å². The molecule has 15 heavy (non-hydrogen) atoms. The van der Waals surface area contributed by atoms with Crippen LogP contribution < -0.4 is 5.32 Å². The van der Waals surface area contributed by atoms with Crippen LogP contribution in [0, 0.1) is 5.82 Å². The van der Waals surface area contributed by atoms with Gasteiger partial charge < -0.3 is 5.32 Å². The maximum Gasteiger partial charge on any atom is 0.127 e. The first-order valence-corrected chi connectivity index (χ1v) is 5.80. The molecule has 1 N–H and O–H groups in total. The SMILES string of the molecule is CCCc1ccc(F)c(CNC2CC2)c1. The standard InChI is InChI=1S/C13H18FN/c1-2-3-10-4-7-13(14)11(8-10)9-15-12-5-6-12/h4,7-8,12,15H,2-3,5-6,9H2,1H3. The molecule has 1 aromatic carbocycles. The minimum atomic E-state index is -0.0806. The van der Waals surface area contributed by atoms with Crippen molar-refractivity contribution in [3.63, 3.8) is 0 Å². The molecule has 0 spiro atoms. The van der Waals surface area contributed by atoms with Gasteiger partial charge in [-0.1, -0.05) is 25.5 Å². The lowest BCUT2D eigenvalue weighted by atomic mass is 10.1. The summed E-state index contributed by atoms with van der Waals surface area (Å²) in [5.74, 6) is -0.0806. The van der Waals surface area contributed by atoms with Crippen LogP contribution in [0.25, 0.3) is 0 Å². The van der Waals surface area contributed by atoms with Gasteiger partial charge in [-0.05, 0) is 30.9 Å². The summed E-state index contributed by atoms with van der Waals surface area (Å²) in [5.41, 5.74) is 2.05. The first-order valence-electron chi connectivity index (χ1n) is 5.80. The van der Waals surface area contributed by atoms with E-state index in [-0.39, 0.29) is 5.82 Å². The van der Waals surface area contributed by atoms with Crippen LogP contribution in [0.2, 0.25) is 0 Å². The van der Waals surface area contributed by atoms with Crippen LogP contribution in [0.3, 0.4) is 0 Å². The summed E-state index contributed by atoms with van der Waals surface area (Å²) < 4.78 is 13.4. The van der Waals surface area contributed by atoms with E-state index in [2.05, 4.69) is 12.2 Å². The minimum absolute atomic E-state index is 0.0806. The molecule has 2 rings (SSSR count). The summed E-state index contributed by atoms with van der Waals surface area (Å²) >= 11 is 0. The highest BCUT2D eigenvalue weighted by Crippen LogP contribution is 2.20. The molecule has 1 nitrogen and oxygen atoms in total. The van der Waals surface area contributed by atoms with Crippen molar-refractivity contribution in [2.45, 2.75) is 45.2 Å². The number of aryl methyl sites for hydroxylation is 1. The fourth-order valence-corrected chi connectivity index (χ4v) is 1.75. The molecule has 1 fully saturated rings. The fraction of sp³-hybridized carbons (Fsp3) is 0.538. The van der Waals surface area contributed by atoms with Crippen molar-refractivity contribution in [2.75, 3.05) is 0 Å². The quantitative estimate of drug-likeness (QED) is 0.782. The Kier molecular flexibility index (Phi) is 3.37. The third-order valence-electron chi connectivity index (χ3n) is 2.81. The van der Waals surface area contributed by atoms with Crippen LogP contribution in [0.4, 0.5) is 4.39 Å². The summed E-state index contributed by atoms with van der Waals surface area (Å²) in [7, 11) is 0. The van der Waals surface area contributed by atoms with Crippen LogP contribution in [-0.2, 0) is 13.0 Å². The van der Waals surface area contributed by atoms with Gasteiger partial charge in [-0.3, -0.25) is 0 Å². The topological polar surface area (TPSA) is 12.0 Å². The predicted octanol–water partition coefficient (Wildman–Crippen LogP) is 3.03. The summed E-state index contributed by atoms with van der Waals surface area (Å²) in [6.07, 6.45) is 4.64. The molecule has 1 aliphatic rings. The molecular weight excluding hydrogens is 189 g/mol. The Balaban J connectivity index is 2.01. The number of rotatable bonds is 5. The van der Waals surface area contributed by atoms with Crippen molar-refractivity contribution in [2.24, 2.45) is 0 Å². The van der Waals surface area contributed by atoms with Crippen LogP contribution in [0.5, 0.6) is 0 Å². The highest BCUT2D eigenvalue weighted by atomic mass is 19.1. The number of benzene rings is 1. The largest absolute Gasteiger partial charge is 0.310 e. The zero-order chi connectivity index (χ0) is 10.7. The van der Waals surface area contributed by atoms with Crippen molar-refractivity contribution in [3.05, 3.63) is 35.1 Å². The summed E-state index contributed by atoms with van der Waals surface area (Å²) in [6.45, 7) is 2.82. The molecule has 1 aliphatic carbocycles. The molecule has 1 aromatic rings. The average molecular weight is 207 g/mol. The Morgan fingerprint density at radius 1 is 1.40 bits per heavy atom. The van der Waals surface area contributed by atoms with Crippen molar-refractivity contribution in [1.82, 2.24) is 5.32 Å². The summed E-state index contributed by atoms with van der Waals surface area (Å²) in [4.78, 5) is 0. The molecule has 0 atom stereocenters. The first-order chi connectivity index (χ1) is 7.29. The zero-order valence-electron chi connectivity index (χ0n) is 9.22. The second-order valence-electron chi connectivity index (χ2n) is 4.33. The number of halogens is 1. The molecule has 1 saturated carbocycles. The Morgan fingerprint density at radius 3 is 2.87 bits per heavy atom. The molecule has 0 aromatic heterocycles. The van der Waals surface area contributed by atoms with E-state index in [4.69, 9.17) is 0 Å². The molecule has 0 aliphatic heterocycles. The first kappa shape index (κ1) is 10.6. The van der Waals surface area contributed by atoms with Crippen molar-refractivity contribution in [3.8, 4) is 0 Å². The van der Waals surface area contributed by atoms with Crippen LogP contribution in [0.15, 0.2) is 18.2 Å². The Hall–Kier alpha value is -0.890. The van der Waals surface area contributed by atoms with E-state index in [9.17, 15) is 4.39 Å². The van der Waals surface area contributed by atoms with Crippen molar-refractivity contribution >= 4 is 0 Å². The lowest BCUT2D eigenvalue weighted by Crippen LogP contribution is -2.16. The van der Waals surface area contributed by atoms with E-state index in [1.54, 1.807) is 6.07 Å². The van der Waals surface area contributed by atoms with Gasteiger partial charge >= 0.3 is 0 Å². The van der Waals surface area contributed by atoms with E-state index < -0.39 is 0 Å². The van der Waals surface area contributed by atoms with Crippen molar-refractivity contribution < 1.29 is 4.39 Å². The van der Waals surface area contributed by atoms with E-state index in [1.165, 1.54) is 18.4 Å². The molecule has 2 heteroatoms. The maximum atomic E-state index is 13.4. The molecule has 0 radical (unpaired) electrons. The molecule has 82 valence electrons. The molecule has 0 unspecified atom stereocenters. The average Bonchev–Trinajstić information content (AvgIpc) is 3.03. The van der Waals surface area contributed by atoms with Gasteiger partial charge in [0.25, 0.3) is 0 Å². The Bertz CT molecular complexity index is 331. The lowest BCUT2D eigenvalue weighted by molar-refractivity contribution is 0.585. The highest BCUT2D eigenvalue weighted by molar-refractivity contribution is 5.25. The van der Waals surface area contributed by atoms with Gasteiger partial charge in [0.15, 0.2) is 0 Å². The third kappa shape index (κ3) is 3.03. The van der Waals surface area contributed by atoms with Gasteiger partial charge in [-0.25, -0.2) is 4.39 Å². The zero-order valence-corrected chi connectivity index (χ0v) is 9.22. The van der Waals surface area contributed by atoms with Gasteiger partial charge in [0.1, 0.15) is 5.82 Å². The highest BCUT2D eigenvalue weighted by Gasteiger charge is 2.20. The van der Waals surface area contributed by atoms with E-state index in [0.29, 0.717) is 12.6 Å². The Morgan fingerprint density at radius 2 is 2.20 bits per heavy atom. The monoisotopic (exact) mass is 207 g/mol. The minimum Gasteiger partial charge on any atom is -0.310 e. The summed E-state index contributed by atoms with van der Waals surface area (Å²) in [6, 6.07) is 6.11. The van der Waals surface area contributed by atoms with Gasteiger partial charge in [-0.2, -0.15) is 0 Å². The second-order valence-corrected chi connectivity index (χ2v) is 4.33. The Labute approximate surface area is 90.7 Å². The normalized spacial score (nSPS) is 15.6. The number of hydrogen-bond acceptors (Lipinski definition) is 1. The molecule has 0 bridgehead atoms. The summed E-state index contributed by atoms with van der Waals surface area (Å²) in [5, 5.41) is 3.34. The van der Waals surface area contributed by atoms with E-state index >= 15 is 0 Å². The second kappa shape index (κ2) is 4.75. The molecule has 0 saturated heterocycles. The molecular formula is C13H18FN. The maximum absolute atomic E-state index is 13.4. The fourth-order valence-electron chi connectivity index (χ4n) is 1.75. The van der Waals surface area contributed by atoms with Crippen LogP contribution >= 0.6 is 0 Å². The third-order valence-corrected chi connectivity index (χ3v) is 2.81.